The highest BCUT2D eigenvalue weighted by Gasteiger charge is 2.10. The third-order valence-electron chi connectivity index (χ3n) is 2.27. The summed E-state index contributed by atoms with van der Waals surface area (Å²) in [6, 6.07) is 3.44. The first kappa shape index (κ1) is 12.0. The van der Waals surface area contributed by atoms with Crippen LogP contribution in [0.1, 0.15) is 5.69 Å². The Morgan fingerprint density at radius 2 is 2.33 bits per heavy atom. The Kier molecular flexibility index (Phi) is 3.18. The summed E-state index contributed by atoms with van der Waals surface area (Å²) in [6.07, 6.45) is 1.69. The lowest BCUT2D eigenvalue weighted by molar-refractivity contribution is -0.385. The molecular weight excluding hydrogens is 241 g/mol. The van der Waals surface area contributed by atoms with Crippen molar-refractivity contribution in [3.05, 3.63) is 46.0 Å². The quantitative estimate of drug-likeness (QED) is 0.657. The number of hydrogen-bond donors (Lipinski definition) is 1. The van der Waals surface area contributed by atoms with Crippen molar-refractivity contribution in [1.82, 2.24) is 15.0 Å². The molecule has 0 aliphatic carbocycles. The second-order valence-corrected chi connectivity index (χ2v) is 3.66. The number of benzene rings is 1. The molecule has 0 spiro atoms. The zero-order valence-electron chi connectivity index (χ0n) is 9.50. The molecule has 94 valence electrons. The van der Waals surface area contributed by atoms with Gasteiger partial charge in [0.15, 0.2) is 5.82 Å². The maximum atomic E-state index is 13.5. The van der Waals surface area contributed by atoms with Gasteiger partial charge in [-0.05, 0) is 6.07 Å². The molecule has 0 radical (unpaired) electrons. The summed E-state index contributed by atoms with van der Waals surface area (Å²) in [5.41, 5.74) is 0.555. The average Bonchev–Trinajstić information content (AvgIpc) is 2.73. The smallest absolute Gasteiger partial charge is 0.272 e. The molecule has 0 saturated carbocycles. The van der Waals surface area contributed by atoms with Crippen LogP contribution in [0.3, 0.4) is 0 Å². The van der Waals surface area contributed by atoms with Crippen molar-refractivity contribution in [2.24, 2.45) is 7.05 Å². The van der Waals surface area contributed by atoms with E-state index in [4.69, 9.17) is 0 Å². The third-order valence-corrected chi connectivity index (χ3v) is 2.27. The number of aromatic nitrogens is 3. The van der Waals surface area contributed by atoms with Crippen LogP contribution in [0.4, 0.5) is 15.8 Å². The summed E-state index contributed by atoms with van der Waals surface area (Å²) < 4.78 is 15.0. The van der Waals surface area contributed by atoms with Crippen LogP contribution in [0.25, 0.3) is 0 Å². The molecule has 0 saturated heterocycles. The first-order valence-corrected chi connectivity index (χ1v) is 5.09. The first-order chi connectivity index (χ1) is 8.56. The zero-order valence-corrected chi connectivity index (χ0v) is 9.50. The van der Waals surface area contributed by atoms with Gasteiger partial charge in [0.05, 0.1) is 23.2 Å². The molecule has 1 aromatic heterocycles. The molecular formula is C10H10FN5O2. The van der Waals surface area contributed by atoms with E-state index in [2.05, 4.69) is 15.6 Å². The lowest BCUT2D eigenvalue weighted by atomic mass is 10.2. The standard InChI is InChI=1S/C10H10FN5O2/c1-15-6-7(13-14-15)5-12-10-3-2-8(16(17)18)4-9(10)11/h2-4,6,12H,5H2,1H3. The highest BCUT2D eigenvalue weighted by molar-refractivity contribution is 5.50. The maximum Gasteiger partial charge on any atom is 0.272 e. The van der Waals surface area contributed by atoms with Gasteiger partial charge >= 0.3 is 0 Å². The summed E-state index contributed by atoms with van der Waals surface area (Å²) in [7, 11) is 1.73. The molecule has 0 aliphatic rings. The van der Waals surface area contributed by atoms with Gasteiger partial charge in [-0.25, -0.2) is 4.39 Å². The number of halogens is 1. The van der Waals surface area contributed by atoms with E-state index >= 15 is 0 Å². The molecule has 0 bridgehead atoms. The summed E-state index contributed by atoms with van der Waals surface area (Å²) in [4.78, 5) is 9.80. The lowest BCUT2D eigenvalue weighted by Gasteiger charge is -2.04. The maximum absolute atomic E-state index is 13.5. The van der Waals surface area contributed by atoms with Gasteiger partial charge in [-0.3, -0.25) is 14.8 Å². The minimum absolute atomic E-state index is 0.186. The zero-order chi connectivity index (χ0) is 13.1. The van der Waals surface area contributed by atoms with Crippen molar-refractivity contribution in [3.8, 4) is 0 Å². The molecule has 1 N–H and O–H groups in total. The number of aryl methyl sites for hydroxylation is 1. The van der Waals surface area contributed by atoms with E-state index in [0.29, 0.717) is 12.2 Å². The monoisotopic (exact) mass is 251 g/mol. The Hall–Kier alpha value is -2.51. The van der Waals surface area contributed by atoms with Crippen molar-refractivity contribution in [2.75, 3.05) is 5.32 Å². The largest absolute Gasteiger partial charge is 0.377 e. The predicted octanol–water partition coefficient (Wildman–Crippen LogP) is 1.47. The molecule has 0 amide bonds. The molecule has 0 unspecified atom stereocenters. The number of nitro benzene ring substituents is 1. The molecule has 1 aromatic carbocycles. The van der Waals surface area contributed by atoms with Crippen LogP contribution in [-0.2, 0) is 13.6 Å². The second-order valence-electron chi connectivity index (χ2n) is 3.66. The summed E-state index contributed by atoms with van der Waals surface area (Å²) in [5, 5.41) is 20.8. The van der Waals surface area contributed by atoms with Gasteiger partial charge in [0.2, 0.25) is 0 Å². The van der Waals surface area contributed by atoms with Gasteiger partial charge < -0.3 is 5.32 Å². The molecule has 0 atom stereocenters. The van der Waals surface area contributed by atoms with E-state index < -0.39 is 10.7 Å². The van der Waals surface area contributed by atoms with Crippen molar-refractivity contribution < 1.29 is 9.31 Å². The van der Waals surface area contributed by atoms with Crippen LogP contribution in [0, 0.1) is 15.9 Å². The fourth-order valence-electron chi connectivity index (χ4n) is 1.42. The number of hydrogen-bond acceptors (Lipinski definition) is 5. The van der Waals surface area contributed by atoms with Crippen molar-refractivity contribution in [3.63, 3.8) is 0 Å². The number of nitrogens with one attached hydrogen (secondary N) is 1. The van der Waals surface area contributed by atoms with E-state index in [1.807, 2.05) is 0 Å². The number of nitro groups is 1. The number of rotatable bonds is 4. The van der Waals surface area contributed by atoms with E-state index in [9.17, 15) is 14.5 Å². The van der Waals surface area contributed by atoms with Gasteiger partial charge in [0.25, 0.3) is 5.69 Å². The van der Waals surface area contributed by atoms with Crippen molar-refractivity contribution in [1.29, 1.82) is 0 Å². The van der Waals surface area contributed by atoms with Crippen LogP contribution in [0.15, 0.2) is 24.4 Å². The average molecular weight is 251 g/mol. The number of nitrogens with zero attached hydrogens (tertiary/aromatic N) is 4. The van der Waals surface area contributed by atoms with Gasteiger partial charge in [0, 0.05) is 19.3 Å². The molecule has 2 rings (SSSR count). The topological polar surface area (TPSA) is 85.9 Å². The predicted molar refractivity (Wildman–Crippen MR) is 61.4 cm³/mol. The Balaban J connectivity index is 2.08. The van der Waals surface area contributed by atoms with Gasteiger partial charge in [-0.1, -0.05) is 5.21 Å². The van der Waals surface area contributed by atoms with Crippen molar-refractivity contribution >= 4 is 11.4 Å². The molecule has 1 heterocycles. The number of non-ortho nitro benzene ring substituents is 1. The van der Waals surface area contributed by atoms with E-state index in [-0.39, 0.29) is 11.4 Å². The summed E-state index contributed by atoms with van der Waals surface area (Å²) in [6.45, 7) is 0.294. The van der Waals surface area contributed by atoms with Crippen LogP contribution in [0.2, 0.25) is 0 Å². The van der Waals surface area contributed by atoms with Gasteiger partial charge in [-0.15, -0.1) is 5.10 Å². The molecule has 0 aliphatic heterocycles. The van der Waals surface area contributed by atoms with Gasteiger partial charge in [0.1, 0.15) is 5.69 Å². The second kappa shape index (κ2) is 4.78. The van der Waals surface area contributed by atoms with Crippen LogP contribution in [0.5, 0.6) is 0 Å². The Morgan fingerprint density at radius 3 is 2.89 bits per heavy atom. The lowest BCUT2D eigenvalue weighted by Crippen LogP contribution is -2.02. The van der Waals surface area contributed by atoms with Crippen LogP contribution < -0.4 is 5.32 Å². The fourth-order valence-corrected chi connectivity index (χ4v) is 1.42. The van der Waals surface area contributed by atoms with Crippen molar-refractivity contribution in [2.45, 2.75) is 6.54 Å². The molecule has 2 aromatic rings. The minimum Gasteiger partial charge on any atom is -0.377 e. The minimum atomic E-state index is -0.673. The SMILES string of the molecule is Cn1cc(CNc2ccc([N+](=O)[O-])cc2F)nn1. The molecule has 8 heteroatoms. The highest BCUT2D eigenvalue weighted by atomic mass is 19.1. The molecule has 0 fully saturated rings. The summed E-state index contributed by atoms with van der Waals surface area (Å²) in [5.74, 6) is -0.673. The van der Waals surface area contributed by atoms with Crippen LogP contribution in [-0.4, -0.2) is 19.9 Å². The summed E-state index contributed by atoms with van der Waals surface area (Å²) >= 11 is 0. The van der Waals surface area contributed by atoms with E-state index in [1.165, 1.54) is 16.8 Å². The Morgan fingerprint density at radius 1 is 1.56 bits per heavy atom. The molecule has 18 heavy (non-hydrogen) atoms. The van der Waals surface area contributed by atoms with Crippen LogP contribution >= 0.6 is 0 Å². The first-order valence-electron chi connectivity index (χ1n) is 5.09. The fraction of sp³-hybridized carbons (Fsp3) is 0.200. The number of anilines is 1. The Labute approximate surface area is 101 Å². The van der Waals surface area contributed by atoms with E-state index in [1.54, 1.807) is 13.2 Å². The third kappa shape index (κ3) is 2.59. The normalized spacial score (nSPS) is 10.3. The highest BCUT2D eigenvalue weighted by Crippen LogP contribution is 2.20. The molecule has 7 nitrogen and oxygen atoms in total. The van der Waals surface area contributed by atoms with Gasteiger partial charge in [-0.2, -0.15) is 0 Å². The Bertz CT molecular complexity index is 583. The van der Waals surface area contributed by atoms with E-state index in [0.717, 1.165) is 6.07 Å².